The maximum Gasteiger partial charge on any atom is 0.410 e. The van der Waals surface area contributed by atoms with Crippen molar-refractivity contribution >= 4 is 53.9 Å². The molecule has 3 amide bonds. The van der Waals surface area contributed by atoms with Crippen molar-refractivity contribution in [2.24, 2.45) is 11.7 Å². The molecule has 3 aliphatic heterocycles. The topological polar surface area (TPSA) is 291 Å². The minimum Gasteiger partial charge on any atom is -0.481 e. The van der Waals surface area contributed by atoms with Gasteiger partial charge in [-0.3, -0.25) is 39.3 Å². The predicted molar refractivity (Wildman–Crippen MR) is 212 cm³/mol. The first-order chi connectivity index (χ1) is 27.1. The molecule has 22 heteroatoms. The molecule has 5 N–H and O–H groups in total. The van der Waals surface area contributed by atoms with E-state index in [0.717, 1.165) is 24.5 Å². The lowest BCUT2D eigenvalue weighted by Crippen LogP contribution is -2.36. The van der Waals surface area contributed by atoms with Crippen molar-refractivity contribution in [2.75, 3.05) is 19.7 Å². The predicted octanol–water partition coefficient (Wildman–Crippen LogP) is 4.03. The van der Waals surface area contributed by atoms with Crippen LogP contribution in [-0.2, 0) is 59.5 Å². The summed E-state index contributed by atoms with van der Waals surface area (Å²) in [7, 11) is 0. The van der Waals surface area contributed by atoms with Crippen molar-refractivity contribution in [3.8, 4) is 0 Å². The standard InChI is InChI=1S/C12H19NO5.C11H14ClN3O2.C11H15N3O3.C2H4O2.CH4N2/c1-5-17-10(15)8-6-13(7-9(8)14)11(16)18-12(2,3)4;1-11(2,3)17-10(16)15-4-7-8(5-15)13-6-14-9(7)12;1-11(2,3)17-10(16)14-4-7-8(5-14)12-6-13-9(7)15;1-2(3)4;2-1-3/h8H,5-7H2,1-4H3;6H,4-5H2,1-3H3;6H,4-5H2,1-3H3,(H,12,13,15);1H3,(H,3,4);1H,(H3,2,3). The zero-order chi connectivity index (χ0) is 45.5. The second-order valence-electron chi connectivity index (χ2n) is 15.7. The molecule has 3 aliphatic rings. The second-order valence-corrected chi connectivity index (χ2v) is 16.1. The van der Waals surface area contributed by atoms with E-state index >= 15 is 0 Å². The van der Waals surface area contributed by atoms with Crippen LogP contribution in [0.4, 0.5) is 14.4 Å². The Morgan fingerprint density at radius 2 is 1.24 bits per heavy atom. The van der Waals surface area contributed by atoms with Crippen LogP contribution in [0, 0.1) is 11.3 Å². The maximum atomic E-state index is 11.9. The van der Waals surface area contributed by atoms with E-state index in [4.69, 9.17) is 45.9 Å². The third kappa shape index (κ3) is 18.5. The van der Waals surface area contributed by atoms with E-state index in [-0.39, 0.29) is 43.7 Å². The number of rotatable bonds is 2. The Labute approximate surface area is 347 Å². The summed E-state index contributed by atoms with van der Waals surface area (Å²) >= 11 is 5.94. The average Bonchev–Trinajstić information content (AvgIpc) is 3.81. The zero-order valence-electron chi connectivity index (χ0n) is 35.3. The quantitative estimate of drug-likeness (QED) is 0.0828. The molecule has 1 atom stereocenters. The summed E-state index contributed by atoms with van der Waals surface area (Å²) in [6.45, 7) is 20.5. The van der Waals surface area contributed by atoms with Crippen molar-refractivity contribution in [3.63, 3.8) is 0 Å². The third-order valence-electron chi connectivity index (χ3n) is 7.06. The number of H-pyrrole nitrogens is 1. The number of carboxylic acids is 1. The summed E-state index contributed by atoms with van der Waals surface area (Å²) in [6.07, 6.45) is 2.14. The Morgan fingerprint density at radius 3 is 1.64 bits per heavy atom. The van der Waals surface area contributed by atoms with Crippen molar-refractivity contribution in [1.29, 1.82) is 5.41 Å². The number of aliphatic carboxylic acids is 1. The number of nitrogens with zero attached hydrogens (tertiary/aromatic N) is 6. The van der Waals surface area contributed by atoms with Gasteiger partial charge >= 0.3 is 24.2 Å². The van der Waals surface area contributed by atoms with Crippen LogP contribution in [0.3, 0.4) is 0 Å². The molecular weight excluding hydrogens is 798 g/mol. The molecule has 0 aromatic carbocycles. The summed E-state index contributed by atoms with van der Waals surface area (Å²) in [4.78, 5) is 97.8. The molecule has 2 aromatic heterocycles. The monoisotopic (exact) mass is 853 g/mol. The highest BCUT2D eigenvalue weighted by Crippen LogP contribution is 2.27. The smallest absolute Gasteiger partial charge is 0.410 e. The number of nitrogens with one attached hydrogen (secondary N) is 2. The number of likely N-dealkylation sites (tertiary alicyclic amines) is 1. The van der Waals surface area contributed by atoms with Crippen LogP contribution in [0.15, 0.2) is 17.4 Å². The molecular formula is C37H56ClN9O12. The maximum absolute atomic E-state index is 11.9. The molecule has 1 unspecified atom stereocenters. The SMILES string of the molecule is CC(=O)O.CC(C)(C)OC(=O)N1Cc2nc[nH]c(=O)c2C1.CC(C)(C)OC(=O)N1Cc2ncnc(Cl)c2C1.CCOC(=O)C1CN(C(=O)OC(C)(C)C)CC1=O.N=CN. The van der Waals surface area contributed by atoms with Gasteiger partial charge in [0.15, 0.2) is 5.78 Å². The van der Waals surface area contributed by atoms with Crippen molar-refractivity contribution in [2.45, 2.75) is 119 Å². The Kier molecular flexibility index (Phi) is 19.4. The lowest BCUT2D eigenvalue weighted by Gasteiger charge is -2.23. The number of halogens is 1. The minimum absolute atomic E-state index is 0.0343. The van der Waals surface area contributed by atoms with Crippen LogP contribution in [0.5, 0.6) is 0 Å². The van der Waals surface area contributed by atoms with E-state index in [1.54, 1.807) is 53.4 Å². The van der Waals surface area contributed by atoms with Gasteiger partial charge in [0.05, 0.1) is 68.9 Å². The molecule has 0 bridgehead atoms. The molecule has 0 radical (unpaired) electrons. The molecule has 0 aliphatic carbocycles. The van der Waals surface area contributed by atoms with Crippen LogP contribution in [0.25, 0.3) is 0 Å². The average molecular weight is 854 g/mol. The second kappa shape index (κ2) is 22.3. The van der Waals surface area contributed by atoms with E-state index in [1.165, 1.54) is 22.5 Å². The number of amides is 3. The number of Topliss-reactive ketones (excluding diaryl/α,β-unsaturated/α-hetero) is 1. The molecule has 5 rings (SSSR count). The number of carbonyl (C=O) groups excluding carboxylic acids is 5. The van der Waals surface area contributed by atoms with Crippen molar-refractivity contribution in [3.05, 3.63) is 50.7 Å². The first kappa shape index (κ1) is 51.2. The van der Waals surface area contributed by atoms with Gasteiger partial charge < -0.3 is 34.8 Å². The fourth-order valence-electron chi connectivity index (χ4n) is 4.85. The summed E-state index contributed by atoms with van der Waals surface area (Å²) in [6, 6.07) is 0. The van der Waals surface area contributed by atoms with E-state index in [2.05, 4.69) is 25.7 Å². The van der Waals surface area contributed by atoms with Gasteiger partial charge in [-0.05, 0) is 69.2 Å². The summed E-state index contributed by atoms with van der Waals surface area (Å²) < 4.78 is 20.5. The molecule has 0 spiro atoms. The molecule has 5 heterocycles. The molecule has 328 valence electrons. The number of carboxylic acid groups (broad SMARTS) is 1. The number of ether oxygens (including phenoxy) is 4. The third-order valence-corrected chi connectivity index (χ3v) is 7.39. The number of nitrogens with two attached hydrogens (primary N) is 1. The van der Waals surface area contributed by atoms with E-state index in [1.807, 2.05) is 20.8 Å². The van der Waals surface area contributed by atoms with Gasteiger partial charge in [0.1, 0.15) is 34.2 Å². The zero-order valence-corrected chi connectivity index (χ0v) is 36.1. The van der Waals surface area contributed by atoms with Gasteiger partial charge in [-0.15, -0.1) is 0 Å². The van der Waals surface area contributed by atoms with Crippen LogP contribution in [-0.4, -0.2) is 119 Å². The number of fused-ring (bicyclic) bond motifs is 2. The Morgan fingerprint density at radius 1 is 0.814 bits per heavy atom. The lowest BCUT2D eigenvalue weighted by atomic mass is 10.1. The summed E-state index contributed by atoms with van der Waals surface area (Å²) in [5, 5.41) is 13.7. The molecule has 21 nitrogen and oxygen atoms in total. The van der Waals surface area contributed by atoms with Gasteiger partial charge in [-0.1, -0.05) is 11.6 Å². The summed E-state index contributed by atoms with van der Waals surface area (Å²) in [5.74, 6) is -2.59. The molecule has 2 aromatic rings. The molecule has 1 fully saturated rings. The van der Waals surface area contributed by atoms with Gasteiger partial charge in [-0.2, -0.15) is 0 Å². The van der Waals surface area contributed by atoms with E-state index in [0.29, 0.717) is 36.0 Å². The van der Waals surface area contributed by atoms with Crippen LogP contribution in [0.1, 0.15) is 98.7 Å². The fraction of sp³-hybridized carbons (Fsp3) is 0.595. The normalized spacial score (nSPS) is 15.2. The number of carbonyl (C=O) groups is 6. The van der Waals surface area contributed by atoms with Gasteiger partial charge in [0, 0.05) is 19.0 Å². The molecule has 0 saturated carbocycles. The first-order valence-corrected chi connectivity index (χ1v) is 18.6. The van der Waals surface area contributed by atoms with E-state index < -0.39 is 46.8 Å². The van der Waals surface area contributed by atoms with Crippen LogP contribution >= 0.6 is 11.6 Å². The van der Waals surface area contributed by atoms with Crippen LogP contribution < -0.4 is 11.3 Å². The van der Waals surface area contributed by atoms with Gasteiger partial charge in [0.2, 0.25) is 0 Å². The Bertz CT molecular complexity index is 1870. The Hall–Kier alpha value is -5.86. The number of aromatic nitrogens is 4. The minimum atomic E-state index is -0.877. The lowest BCUT2D eigenvalue weighted by molar-refractivity contribution is -0.149. The number of esters is 1. The number of ketones is 1. The summed E-state index contributed by atoms with van der Waals surface area (Å²) in [5.41, 5.74) is 5.31. The number of hydrogen-bond donors (Lipinski definition) is 4. The number of aromatic amines is 1. The fourth-order valence-corrected chi connectivity index (χ4v) is 5.06. The van der Waals surface area contributed by atoms with Crippen LogP contribution in [0.2, 0.25) is 5.15 Å². The molecule has 1 saturated heterocycles. The number of hydrogen-bond acceptors (Lipinski definition) is 15. The highest BCUT2D eigenvalue weighted by atomic mass is 35.5. The highest BCUT2D eigenvalue weighted by Gasteiger charge is 2.41. The van der Waals surface area contributed by atoms with Crippen molar-refractivity contribution < 1.29 is 52.8 Å². The van der Waals surface area contributed by atoms with Gasteiger partial charge in [-0.25, -0.2) is 29.3 Å². The molecule has 59 heavy (non-hydrogen) atoms. The van der Waals surface area contributed by atoms with Crippen molar-refractivity contribution in [1.82, 2.24) is 34.6 Å². The van der Waals surface area contributed by atoms with Gasteiger partial charge in [0.25, 0.3) is 11.5 Å². The highest BCUT2D eigenvalue weighted by molar-refractivity contribution is 6.30. The van der Waals surface area contributed by atoms with E-state index in [9.17, 15) is 28.8 Å². The Balaban J connectivity index is 0.000000409. The first-order valence-electron chi connectivity index (χ1n) is 18.2. The largest absolute Gasteiger partial charge is 0.481 e.